The molecule has 0 spiro atoms. The SMILES string of the molecule is O=C(O)Cc1cc(Cl)c(OCC(F)F)cc1N1CC(O)C(NC2CCN(Cc3ccc(Cl)cc3)CC2)C1. The Labute approximate surface area is 224 Å². The van der Waals surface area contributed by atoms with Crippen LogP contribution in [0.1, 0.15) is 24.0 Å². The molecule has 2 saturated heterocycles. The van der Waals surface area contributed by atoms with Gasteiger partial charge in [0.1, 0.15) is 12.4 Å². The normalized spacial score (nSPS) is 21.1. The number of halogens is 4. The van der Waals surface area contributed by atoms with Gasteiger partial charge in [-0.3, -0.25) is 9.69 Å². The molecule has 37 heavy (non-hydrogen) atoms. The molecule has 2 heterocycles. The lowest BCUT2D eigenvalue weighted by Gasteiger charge is -2.34. The van der Waals surface area contributed by atoms with Crippen molar-refractivity contribution in [3.8, 4) is 5.75 Å². The van der Waals surface area contributed by atoms with E-state index in [-0.39, 0.29) is 35.8 Å². The summed E-state index contributed by atoms with van der Waals surface area (Å²) in [7, 11) is 0. The number of aliphatic hydroxyl groups excluding tert-OH is 1. The summed E-state index contributed by atoms with van der Waals surface area (Å²) in [5.41, 5.74) is 2.16. The third kappa shape index (κ3) is 7.67. The predicted octanol–water partition coefficient (Wildman–Crippen LogP) is 4.07. The zero-order chi connectivity index (χ0) is 26.5. The van der Waals surface area contributed by atoms with Gasteiger partial charge < -0.3 is 25.2 Å². The Morgan fingerprint density at radius 2 is 1.84 bits per heavy atom. The lowest BCUT2D eigenvalue weighted by atomic mass is 10.0. The number of hydrogen-bond acceptors (Lipinski definition) is 6. The van der Waals surface area contributed by atoms with E-state index in [4.69, 9.17) is 27.9 Å². The topological polar surface area (TPSA) is 85.3 Å². The number of hydrogen-bond donors (Lipinski definition) is 3. The maximum Gasteiger partial charge on any atom is 0.307 e. The number of carboxylic acid groups (broad SMARTS) is 1. The van der Waals surface area contributed by atoms with E-state index in [0.717, 1.165) is 37.5 Å². The smallest absolute Gasteiger partial charge is 0.307 e. The molecule has 4 rings (SSSR count). The fourth-order valence-corrected chi connectivity index (χ4v) is 5.37. The predicted molar refractivity (Wildman–Crippen MR) is 139 cm³/mol. The summed E-state index contributed by atoms with van der Waals surface area (Å²) < 4.78 is 30.5. The molecule has 202 valence electrons. The van der Waals surface area contributed by atoms with Crippen LogP contribution in [0.5, 0.6) is 5.75 Å². The maximum absolute atomic E-state index is 12.7. The number of anilines is 1. The van der Waals surface area contributed by atoms with Crippen molar-refractivity contribution in [3.05, 3.63) is 57.6 Å². The Hall–Kier alpha value is -2.17. The van der Waals surface area contributed by atoms with Crippen molar-refractivity contribution in [2.75, 3.05) is 37.7 Å². The first kappa shape index (κ1) is 27.9. The first-order valence-electron chi connectivity index (χ1n) is 12.3. The number of rotatable bonds is 10. The van der Waals surface area contributed by atoms with E-state index in [0.29, 0.717) is 17.8 Å². The van der Waals surface area contributed by atoms with E-state index in [1.807, 2.05) is 29.2 Å². The van der Waals surface area contributed by atoms with E-state index >= 15 is 0 Å². The minimum Gasteiger partial charge on any atom is -0.486 e. The molecule has 2 fully saturated rings. The van der Waals surface area contributed by atoms with Gasteiger partial charge in [0.15, 0.2) is 0 Å². The third-order valence-electron chi connectivity index (χ3n) is 6.83. The number of nitrogens with one attached hydrogen (secondary N) is 1. The van der Waals surface area contributed by atoms with Gasteiger partial charge in [0, 0.05) is 42.5 Å². The van der Waals surface area contributed by atoms with Gasteiger partial charge in [0.25, 0.3) is 6.43 Å². The molecule has 0 aliphatic carbocycles. The summed E-state index contributed by atoms with van der Waals surface area (Å²) in [6, 6.07) is 10.8. The van der Waals surface area contributed by atoms with Gasteiger partial charge in [-0.2, -0.15) is 0 Å². The molecule has 2 unspecified atom stereocenters. The van der Waals surface area contributed by atoms with Crippen LogP contribution in [0, 0.1) is 0 Å². The highest BCUT2D eigenvalue weighted by Gasteiger charge is 2.35. The van der Waals surface area contributed by atoms with Gasteiger partial charge in [-0.05, 0) is 55.3 Å². The van der Waals surface area contributed by atoms with E-state index < -0.39 is 25.1 Å². The maximum atomic E-state index is 12.7. The van der Waals surface area contributed by atoms with Crippen molar-refractivity contribution >= 4 is 34.9 Å². The number of aliphatic carboxylic acids is 1. The number of carboxylic acids is 1. The molecule has 2 aromatic carbocycles. The zero-order valence-corrected chi connectivity index (χ0v) is 21.8. The summed E-state index contributed by atoms with van der Waals surface area (Å²) in [5.74, 6) is -0.983. The lowest BCUT2D eigenvalue weighted by Crippen LogP contribution is -2.49. The average molecular weight is 558 g/mol. The van der Waals surface area contributed by atoms with Crippen molar-refractivity contribution in [1.82, 2.24) is 10.2 Å². The van der Waals surface area contributed by atoms with Crippen LogP contribution in [0.25, 0.3) is 0 Å². The van der Waals surface area contributed by atoms with Gasteiger partial charge in [-0.15, -0.1) is 0 Å². The number of ether oxygens (including phenoxy) is 1. The lowest BCUT2D eigenvalue weighted by molar-refractivity contribution is -0.136. The summed E-state index contributed by atoms with van der Waals surface area (Å²) in [6.07, 6.45) is -1.76. The first-order valence-corrected chi connectivity index (χ1v) is 13.0. The van der Waals surface area contributed by atoms with Crippen molar-refractivity contribution in [3.63, 3.8) is 0 Å². The van der Waals surface area contributed by atoms with Crippen LogP contribution in [-0.2, 0) is 17.8 Å². The molecule has 0 amide bonds. The highest BCUT2D eigenvalue weighted by Crippen LogP contribution is 2.36. The van der Waals surface area contributed by atoms with E-state index in [9.17, 15) is 23.8 Å². The monoisotopic (exact) mass is 557 g/mol. The van der Waals surface area contributed by atoms with Crippen LogP contribution in [0.3, 0.4) is 0 Å². The molecule has 3 N–H and O–H groups in total. The highest BCUT2D eigenvalue weighted by atomic mass is 35.5. The number of benzene rings is 2. The van der Waals surface area contributed by atoms with Crippen LogP contribution < -0.4 is 15.0 Å². The average Bonchev–Trinajstić information content (AvgIpc) is 3.20. The molecule has 2 aliphatic heterocycles. The van der Waals surface area contributed by atoms with Gasteiger partial charge in [0.2, 0.25) is 0 Å². The summed E-state index contributed by atoms with van der Waals surface area (Å²) >= 11 is 12.2. The third-order valence-corrected chi connectivity index (χ3v) is 7.37. The van der Waals surface area contributed by atoms with Gasteiger partial charge in [-0.1, -0.05) is 35.3 Å². The van der Waals surface area contributed by atoms with E-state index in [2.05, 4.69) is 10.2 Å². The van der Waals surface area contributed by atoms with Crippen LogP contribution >= 0.6 is 23.2 Å². The molecule has 0 saturated carbocycles. The van der Waals surface area contributed by atoms with Gasteiger partial charge >= 0.3 is 5.97 Å². The number of alkyl halides is 2. The highest BCUT2D eigenvalue weighted by molar-refractivity contribution is 6.32. The Morgan fingerprint density at radius 3 is 2.49 bits per heavy atom. The van der Waals surface area contributed by atoms with Crippen LogP contribution in [0.15, 0.2) is 36.4 Å². The fourth-order valence-electron chi connectivity index (χ4n) is 5.00. The van der Waals surface area contributed by atoms with Gasteiger partial charge in [-0.25, -0.2) is 8.78 Å². The Morgan fingerprint density at radius 1 is 1.14 bits per heavy atom. The second-order valence-corrected chi connectivity index (χ2v) is 10.4. The summed E-state index contributed by atoms with van der Waals surface area (Å²) in [4.78, 5) is 15.7. The largest absolute Gasteiger partial charge is 0.486 e. The molecule has 2 aromatic rings. The van der Waals surface area contributed by atoms with Crippen molar-refractivity contribution in [1.29, 1.82) is 0 Å². The number of carbonyl (C=O) groups is 1. The molecule has 11 heteroatoms. The number of β-amino-alcohol motifs (C(OH)–C–C–N with tert-alkyl or cyclic N) is 1. The zero-order valence-electron chi connectivity index (χ0n) is 20.3. The number of piperidine rings is 1. The fraction of sp³-hybridized carbons (Fsp3) is 0.500. The Kier molecular flexibility index (Phi) is 9.47. The Balaban J connectivity index is 1.37. The molecular formula is C26H31Cl2F2N3O4. The molecular weight excluding hydrogens is 527 g/mol. The van der Waals surface area contributed by atoms with E-state index in [1.54, 1.807) is 0 Å². The van der Waals surface area contributed by atoms with Crippen LogP contribution in [0.2, 0.25) is 10.0 Å². The van der Waals surface area contributed by atoms with Crippen molar-refractivity contribution < 1.29 is 28.5 Å². The minimum atomic E-state index is -2.67. The first-order chi connectivity index (χ1) is 17.7. The van der Waals surface area contributed by atoms with Crippen molar-refractivity contribution in [2.24, 2.45) is 0 Å². The summed E-state index contributed by atoms with van der Waals surface area (Å²) in [6.45, 7) is 2.61. The van der Waals surface area contributed by atoms with Gasteiger partial charge in [0.05, 0.1) is 23.6 Å². The quantitative estimate of drug-likeness (QED) is 0.406. The minimum absolute atomic E-state index is 0.0602. The van der Waals surface area contributed by atoms with Crippen LogP contribution in [-0.4, -0.2) is 78.5 Å². The number of aliphatic hydroxyl groups is 1. The molecule has 0 bridgehead atoms. The summed E-state index contributed by atoms with van der Waals surface area (Å²) in [5, 5.41) is 24.5. The van der Waals surface area contributed by atoms with Crippen molar-refractivity contribution in [2.45, 2.75) is 50.4 Å². The molecule has 2 atom stereocenters. The molecule has 0 aromatic heterocycles. The van der Waals surface area contributed by atoms with Crippen LogP contribution in [0.4, 0.5) is 14.5 Å². The number of nitrogens with zero attached hydrogens (tertiary/aromatic N) is 2. The van der Waals surface area contributed by atoms with E-state index in [1.165, 1.54) is 17.7 Å². The Bertz CT molecular complexity index is 1070. The standard InChI is InChI=1S/C26H31Cl2F2N3O4/c27-18-3-1-16(2-4-18)12-32-7-5-19(6-8-32)31-21-13-33(14-23(21)34)22-11-24(37-15-25(29)30)20(28)9-17(22)10-26(35)36/h1-4,9,11,19,21,23,25,31,34H,5-8,10,12-15H2,(H,35,36). The second-order valence-electron chi connectivity index (χ2n) is 9.61. The molecule has 2 aliphatic rings. The molecule has 0 radical (unpaired) electrons. The number of likely N-dealkylation sites (tertiary alicyclic amines) is 1. The molecule has 7 nitrogen and oxygen atoms in total. The second kappa shape index (κ2) is 12.6.